The molecule has 0 amide bonds. The van der Waals surface area contributed by atoms with Gasteiger partial charge in [0.25, 0.3) is 5.56 Å². The van der Waals surface area contributed by atoms with Crippen LogP contribution in [0.15, 0.2) is 33.2 Å². The molecule has 1 heterocycles. The summed E-state index contributed by atoms with van der Waals surface area (Å²) in [6, 6.07) is 4.84. The maximum absolute atomic E-state index is 11.7. The summed E-state index contributed by atoms with van der Waals surface area (Å²) in [5, 5.41) is 14.3. The molecular weight excluding hydrogens is 299 g/mol. The van der Waals surface area contributed by atoms with Crippen LogP contribution in [-0.4, -0.2) is 10.2 Å². The molecule has 2 rings (SSSR count). The first kappa shape index (κ1) is 14.8. The maximum Gasteiger partial charge on any atom is 0.292 e. The van der Waals surface area contributed by atoms with Crippen LogP contribution in [0.1, 0.15) is 26.5 Å². The molecule has 106 valence electrons. The Balaban J connectivity index is 2.42. The van der Waals surface area contributed by atoms with Gasteiger partial charge in [-0.3, -0.25) is 15.0 Å². The molecule has 20 heavy (non-hydrogen) atoms. The van der Waals surface area contributed by atoms with E-state index in [4.69, 9.17) is 23.2 Å². The van der Waals surface area contributed by atoms with Gasteiger partial charge in [0.2, 0.25) is 0 Å². The fourth-order valence-corrected chi connectivity index (χ4v) is 2.21. The first-order valence-electron chi connectivity index (χ1n) is 5.96. The van der Waals surface area contributed by atoms with Crippen LogP contribution in [0.25, 0.3) is 0 Å². The van der Waals surface area contributed by atoms with Crippen LogP contribution in [0.5, 0.6) is 0 Å². The highest BCUT2D eigenvalue weighted by molar-refractivity contribution is 6.35. The van der Waals surface area contributed by atoms with Crippen molar-refractivity contribution in [3.05, 3.63) is 44.3 Å². The number of halogens is 2. The SMILES string of the molecule is CC(C)(C)c1[nH][nH]c(=O)c1N=Nc1cc(Cl)cc(Cl)c1. The fraction of sp³-hybridized carbons (Fsp3) is 0.308. The van der Waals surface area contributed by atoms with Gasteiger partial charge < -0.3 is 0 Å². The van der Waals surface area contributed by atoms with Crippen LogP contribution in [0.3, 0.4) is 0 Å². The number of hydrogen-bond donors (Lipinski definition) is 2. The zero-order valence-corrected chi connectivity index (χ0v) is 12.8. The van der Waals surface area contributed by atoms with E-state index in [2.05, 4.69) is 20.4 Å². The third kappa shape index (κ3) is 3.29. The molecule has 0 radical (unpaired) electrons. The van der Waals surface area contributed by atoms with Crippen molar-refractivity contribution in [2.24, 2.45) is 10.2 Å². The van der Waals surface area contributed by atoms with E-state index in [-0.39, 0.29) is 16.7 Å². The minimum absolute atomic E-state index is 0.251. The second-order valence-corrected chi connectivity index (χ2v) is 6.25. The van der Waals surface area contributed by atoms with Crippen molar-refractivity contribution in [2.45, 2.75) is 26.2 Å². The van der Waals surface area contributed by atoms with Gasteiger partial charge in [0.1, 0.15) is 0 Å². The predicted octanol–water partition coefficient (Wildman–Crippen LogP) is 4.72. The monoisotopic (exact) mass is 312 g/mol. The lowest BCUT2D eigenvalue weighted by Gasteiger charge is -2.15. The molecule has 0 bridgehead atoms. The molecule has 1 aromatic carbocycles. The van der Waals surface area contributed by atoms with Crippen LogP contribution >= 0.6 is 23.2 Å². The van der Waals surface area contributed by atoms with Crippen LogP contribution in [0.4, 0.5) is 11.4 Å². The third-order valence-electron chi connectivity index (χ3n) is 2.62. The topological polar surface area (TPSA) is 73.4 Å². The summed E-state index contributed by atoms with van der Waals surface area (Å²) >= 11 is 11.8. The Bertz CT molecular complexity index is 690. The Morgan fingerprint density at radius 1 is 1.00 bits per heavy atom. The van der Waals surface area contributed by atoms with E-state index in [0.717, 1.165) is 0 Å². The van der Waals surface area contributed by atoms with Crippen LogP contribution in [0.2, 0.25) is 10.0 Å². The van der Waals surface area contributed by atoms with Gasteiger partial charge in [-0.2, -0.15) is 5.11 Å². The van der Waals surface area contributed by atoms with Crippen LogP contribution in [0, 0.1) is 0 Å². The van der Waals surface area contributed by atoms with Gasteiger partial charge >= 0.3 is 0 Å². The second kappa shape index (κ2) is 5.42. The number of nitrogens with one attached hydrogen (secondary N) is 2. The van der Waals surface area contributed by atoms with E-state index in [1.165, 1.54) is 0 Å². The van der Waals surface area contributed by atoms with Crippen molar-refractivity contribution < 1.29 is 0 Å². The summed E-state index contributed by atoms with van der Waals surface area (Å²) in [6.07, 6.45) is 0. The largest absolute Gasteiger partial charge is 0.299 e. The van der Waals surface area contributed by atoms with Gasteiger partial charge in [-0.1, -0.05) is 44.0 Å². The maximum atomic E-state index is 11.7. The van der Waals surface area contributed by atoms with Crippen LogP contribution < -0.4 is 5.56 Å². The van der Waals surface area contributed by atoms with Crippen molar-refractivity contribution in [1.29, 1.82) is 0 Å². The van der Waals surface area contributed by atoms with Gasteiger partial charge in [-0.25, -0.2) is 0 Å². The van der Waals surface area contributed by atoms with Gasteiger partial charge in [-0.15, -0.1) is 5.11 Å². The Kier molecular flexibility index (Phi) is 4.01. The van der Waals surface area contributed by atoms with E-state index in [9.17, 15) is 4.79 Å². The molecule has 0 aliphatic heterocycles. The number of nitrogens with zero attached hydrogens (tertiary/aromatic N) is 2. The van der Waals surface area contributed by atoms with Gasteiger partial charge in [0.05, 0.1) is 11.4 Å². The van der Waals surface area contributed by atoms with Gasteiger partial charge in [0.15, 0.2) is 5.69 Å². The van der Waals surface area contributed by atoms with Crippen molar-refractivity contribution in [2.75, 3.05) is 0 Å². The van der Waals surface area contributed by atoms with E-state index < -0.39 is 0 Å². The quantitative estimate of drug-likeness (QED) is 0.773. The smallest absolute Gasteiger partial charge is 0.292 e. The van der Waals surface area contributed by atoms with E-state index in [1.54, 1.807) is 18.2 Å². The lowest BCUT2D eigenvalue weighted by molar-refractivity contribution is 0.567. The first-order valence-corrected chi connectivity index (χ1v) is 6.72. The predicted molar refractivity (Wildman–Crippen MR) is 80.8 cm³/mol. The lowest BCUT2D eigenvalue weighted by Crippen LogP contribution is -2.12. The number of azo groups is 1. The van der Waals surface area contributed by atoms with Crippen LogP contribution in [-0.2, 0) is 5.41 Å². The molecule has 7 heteroatoms. The molecule has 0 fully saturated rings. The van der Waals surface area contributed by atoms with Crippen molar-refractivity contribution in [1.82, 2.24) is 10.2 Å². The zero-order valence-electron chi connectivity index (χ0n) is 11.3. The summed E-state index contributed by atoms with van der Waals surface area (Å²) in [6.45, 7) is 5.92. The molecule has 2 N–H and O–H groups in total. The molecule has 0 aliphatic rings. The molecule has 2 aromatic rings. The number of hydrogen-bond acceptors (Lipinski definition) is 3. The normalized spacial score (nSPS) is 12.2. The Labute approximate surface area is 126 Å². The summed E-state index contributed by atoms with van der Waals surface area (Å²) in [5.74, 6) is 0. The number of H-pyrrole nitrogens is 2. The number of benzene rings is 1. The minimum atomic E-state index is -0.313. The second-order valence-electron chi connectivity index (χ2n) is 5.38. The average molecular weight is 313 g/mol. The molecule has 1 aromatic heterocycles. The summed E-state index contributed by atoms with van der Waals surface area (Å²) in [4.78, 5) is 11.7. The van der Waals surface area contributed by atoms with Crippen molar-refractivity contribution in [3.8, 4) is 0 Å². The highest BCUT2D eigenvalue weighted by Crippen LogP contribution is 2.29. The Morgan fingerprint density at radius 2 is 1.60 bits per heavy atom. The molecular formula is C13H14Cl2N4O. The first-order chi connectivity index (χ1) is 9.27. The standard InChI is InChI=1S/C13H14Cl2N4O/c1-13(2,3)11-10(12(20)19-18-11)17-16-9-5-7(14)4-8(15)6-9/h4-6H,1-3H3,(H2,18,19,20). The Morgan fingerprint density at radius 3 is 2.15 bits per heavy atom. The highest BCUT2D eigenvalue weighted by atomic mass is 35.5. The number of aromatic nitrogens is 2. The summed E-state index contributed by atoms with van der Waals surface area (Å²) in [5.41, 5.74) is 0.877. The molecule has 0 saturated heterocycles. The van der Waals surface area contributed by atoms with E-state index in [1.807, 2.05) is 20.8 Å². The van der Waals surface area contributed by atoms with E-state index >= 15 is 0 Å². The van der Waals surface area contributed by atoms with Crippen molar-refractivity contribution >= 4 is 34.6 Å². The molecule has 0 atom stereocenters. The average Bonchev–Trinajstić information content (AvgIpc) is 2.66. The molecule has 0 aliphatic carbocycles. The number of aromatic amines is 2. The van der Waals surface area contributed by atoms with Gasteiger partial charge in [0, 0.05) is 15.5 Å². The molecule has 0 unspecified atom stereocenters. The summed E-state index contributed by atoms with van der Waals surface area (Å²) < 4.78 is 0. The van der Waals surface area contributed by atoms with Gasteiger partial charge in [-0.05, 0) is 18.2 Å². The number of rotatable bonds is 2. The molecule has 0 spiro atoms. The molecule has 5 nitrogen and oxygen atoms in total. The summed E-state index contributed by atoms with van der Waals surface area (Å²) in [7, 11) is 0. The highest BCUT2D eigenvalue weighted by Gasteiger charge is 2.22. The zero-order chi connectivity index (χ0) is 14.9. The fourth-order valence-electron chi connectivity index (χ4n) is 1.69. The lowest BCUT2D eigenvalue weighted by atomic mass is 9.91. The minimum Gasteiger partial charge on any atom is -0.299 e. The molecule has 0 saturated carbocycles. The third-order valence-corrected chi connectivity index (χ3v) is 3.05. The van der Waals surface area contributed by atoms with E-state index in [0.29, 0.717) is 21.4 Å². The van der Waals surface area contributed by atoms with Crippen molar-refractivity contribution in [3.63, 3.8) is 0 Å². The Hall–Kier alpha value is -1.59.